The molecule has 2 heterocycles. The number of nitriles is 1. The largest absolute Gasteiger partial charge is 0.469 e. The Kier molecular flexibility index (Phi) is 4.05. The van der Waals surface area contributed by atoms with Crippen molar-refractivity contribution < 1.29 is 9.53 Å². The molecular formula is C16H18N4O2. The summed E-state index contributed by atoms with van der Waals surface area (Å²) in [6.45, 7) is 0.826. The van der Waals surface area contributed by atoms with Crippen LogP contribution in [-0.2, 0) is 16.1 Å². The maximum Gasteiger partial charge on any atom is 0.308 e. The normalized spacial score (nSPS) is 21.5. The van der Waals surface area contributed by atoms with Crippen LogP contribution in [0.25, 0.3) is 11.0 Å². The number of carbonyl (C=O) groups excluding carboxylic acids is 1. The molecule has 6 nitrogen and oxygen atoms in total. The topological polar surface area (TPSA) is 80.8 Å². The van der Waals surface area contributed by atoms with E-state index in [1.54, 1.807) is 12.3 Å². The molecule has 0 aliphatic heterocycles. The maximum atomic E-state index is 11.5. The Morgan fingerprint density at radius 3 is 2.86 bits per heavy atom. The second-order valence-electron chi connectivity index (χ2n) is 5.83. The van der Waals surface area contributed by atoms with Crippen LogP contribution in [0.3, 0.4) is 0 Å². The second kappa shape index (κ2) is 6.14. The molecule has 0 amide bonds. The summed E-state index contributed by atoms with van der Waals surface area (Å²) in [4.78, 5) is 15.8. The number of rotatable bonds is 3. The number of aromatic nitrogens is 3. The van der Waals surface area contributed by atoms with E-state index < -0.39 is 0 Å². The van der Waals surface area contributed by atoms with Gasteiger partial charge in [0.15, 0.2) is 0 Å². The van der Waals surface area contributed by atoms with E-state index in [9.17, 15) is 4.79 Å². The molecule has 1 fully saturated rings. The number of nitrogens with zero attached hydrogens (tertiary/aromatic N) is 4. The average Bonchev–Trinajstić information content (AvgIpc) is 2.95. The molecule has 3 rings (SSSR count). The summed E-state index contributed by atoms with van der Waals surface area (Å²) in [7, 11) is 1.45. The van der Waals surface area contributed by atoms with Gasteiger partial charge in [0.25, 0.3) is 0 Å². The summed E-state index contributed by atoms with van der Waals surface area (Å²) >= 11 is 0. The van der Waals surface area contributed by atoms with Crippen LogP contribution in [0.5, 0.6) is 0 Å². The molecule has 22 heavy (non-hydrogen) atoms. The summed E-state index contributed by atoms with van der Waals surface area (Å²) in [5, 5.41) is 13.4. The van der Waals surface area contributed by atoms with Crippen LogP contribution in [-0.4, -0.2) is 27.8 Å². The molecule has 0 radical (unpaired) electrons. The molecule has 2 aromatic rings. The molecule has 0 saturated heterocycles. The van der Waals surface area contributed by atoms with Gasteiger partial charge in [-0.05, 0) is 37.7 Å². The van der Waals surface area contributed by atoms with Gasteiger partial charge in [-0.3, -0.25) is 14.5 Å². The fraction of sp³-hybridized carbons (Fsp3) is 0.500. The van der Waals surface area contributed by atoms with Gasteiger partial charge in [0.1, 0.15) is 17.1 Å². The number of fused-ring (bicyclic) bond motifs is 1. The first-order valence-electron chi connectivity index (χ1n) is 7.50. The van der Waals surface area contributed by atoms with E-state index in [0.717, 1.165) is 43.3 Å². The SMILES string of the molecule is COC(=O)[C@H]1CC[C@H](Cn2cc3ncc(C#N)cc3n2)CC1. The number of ether oxygens (including phenoxy) is 1. The Labute approximate surface area is 128 Å². The Balaban J connectivity index is 1.65. The minimum absolute atomic E-state index is 0.0535. The fourth-order valence-electron chi connectivity index (χ4n) is 3.12. The maximum absolute atomic E-state index is 11.5. The highest BCUT2D eigenvalue weighted by Crippen LogP contribution is 2.30. The van der Waals surface area contributed by atoms with E-state index in [1.165, 1.54) is 7.11 Å². The van der Waals surface area contributed by atoms with Crippen molar-refractivity contribution in [2.24, 2.45) is 11.8 Å². The van der Waals surface area contributed by atoms with Crippen LogP contribution >= 0.6 is 0 Å². The molecule has 114 valence electrons. The molecule has 0 spiro atoms. The highest BCUT2D eigenvalue weighted by atomic mass is 16.5. The summed E-state index contributed by atoms with van der Waals surface area (Å²) in [5.74, 6) is 0.486. The van der Waals surface area contributed by atoms with Crippen LogP contribution in [0.15, 0.2) is 18.5 Å². The van der Waals surface area contributed by atoms with Gasteiger partial charge in [-0.1, -0.05) is 0 Å². The van der Waals surface area contributed by atoms with E-state index in [0.29, 0.717) is 11.5 Å². The van der Waals surface area contributed by atoms with Crippen molar-refractivity contribution in [3.05, 3.63) is 24.0 Å². The first-order valence-corrected chi connectivity index (χ1v) is 7.50. The zero-order valence-corrected chi connectivity index (χ0v) is 12.5. The van der Waals surface area contributed by atoms with E-state index in [4.69, 9.17) is 10.00 Å². The van der Waals surface area contributed by atoms with Crippen molar-refractivity contribution in [3.8, 4) is 6.07 Å². The van der Waals surface area contributed by atoms with Crippen molar-refractivity contribution in [1.82, 2.24) is 14.8 Å². The Morgan fingerprint density at radius 2 is 2.18 bits per heavy atom. The lowest BCUT2D eigenvalue weighted by atomic mass is 9.82. The summed E-state index contributed by atoms with van der Waals surface area (Å²) < 4.78 is 6.72. The fourth-order valence-corrected chi connectivity index (χ4v) is 3.12. The third-order valence-corrected chi connectivity index (χ3v) is 4.36. The van der Waals surface area contributed by atoms with Gasteiger partial charge >= 0.3 is 5.97 Å². The van der Waals surface area contributed by atoms with E-state index >= 15 is 0 Å². The molecular weight excluding hydrogens is 280 g/mol. The predicted molar refractivity (Wildman–Crippen MR) is 79.7 cm³/mol. The first kappa shape index (κ1) is 14.5. The highest BCUT2D eigenvalue weighted by molar-refractivity contribution is 5.74. The first-order chi connectivity index (χ1) is 10.7. The predicted octanol–water partition coefficient (Wildman–Crippen LogP) is 2.28. The number of hydrogen-bond acceptors (Lipinski definition) is 5. The number of esters is 1. The third kappa shape index (κ3) is 2.93. The zero-order chi connectivity index (χ0) is 15.5. The van der Waals surface area contributed by atoms with E-state index in [1.807, 2.05) is 10.9 Å². The lowest BCUT2D eigenvalue weighted by molar-refractivity contribution is -0.146. The standard InChI is InChI=1S/C16H18N4O2/c1-22-16(21)13-4-2-11(3-5-13)9-20-10-15-14(19-20)6-12(7-17)8-18-15/h6,8,10-11,13H,2-5,9H2,1H3/t11-,13-. The molecule has 0 atom stereocenters. The molecule has 0 bridgehead atoms. The van der Waals surface area contributed by atoms with Crippen LogP contribution in [0.2, 0.25) is 0 Å². The Morgan fingerprint density at radius 1 is 1.41 bits per heavy atom. The van der Waals surface area contributed by atoms with E-state index in [-0.39, 0.29) is 11.9 Å². The molecule has 1 aliphatic carbocycles. The second-order valence-corrected chi connectivity index (χ2v) is 5.83. The van der Waals surface area contributed by atoms with Crippen LogP contribution in [0.4, 0.5) is 0 Å². The van der Waals surface area contributed by atoms with Gasteiger partial charge in [0.2, 0.25) is 0 Å². The van der Waals surface area contributed by atoms with Crippen molar-refractivity contribution in [2.45, 2.75) is 32.2 Å². The number of pyridine rings is 1. The van der Waals surface area contributed by atoms with Crippen molar-refractivity contribution in [2.75, 3.05) is 7.11 Å². The summed E-state index contributed by atoms with van der Waals surface area (Å²) in [6.07, 6.45) is 7.27. The van der Waals surface area contributed by atoms with Crippen LogP contribution < -0.4 is 0 Å². The quantitative estimate of drug-likeness (QED) is 0.812. The van der Waals surface area contributed by atoms with Crippen molar-refractivity contribution in [1.29, 1.82) is 5.26 Å². The number of hydrogen-bond donors (Lipinski definition) is 0. The van der Waals surface area contributed by atoms with Gasteiger partial charge in [0.05, 0.1) is 24.8 Å². The summed E-state index contributed by atoms with van der Waals surface area (Å²) in [5.41, 5.74) is 2.08. The molecule has 6 heteroatoms. The lowest BCUT2D eigenvalue weighted by Crippen LogP contribution is -2.25. The third-order valence-electron chi connectivity index (χ3n) is 4.36. The van der Waals surface area contributed by atoms with Crippen LogP contribution in [0.1, 0.15) is 31.2 Å². The molecule has 0 N–H and O–H groups in total. The lowest BCUT2D eigenvalue weighted by Gasteiger charge is -2.26. The molecule has 2 aromatic heterocycles. The molecule has 0 unspecified atom stereocenters. The van der Waals surface area contributed by atoms with Gasteiger partial charge in [-0.25, -0.2) is 0 Å². The molecule has 1 saturated carbocycles. The van der Waals surface area contributed by atoms with Gasteiger partial charge in [-0.15, -0.1) is 0 Å². The minimum atomic E-state index is -0.0866. The van der Waals surface area contributed by atoms with Gasteiger partial charge in [0, 0.05) is 12.7 Å². The highest BCUT2D eigenvalue weighted by Gasteiger charge is 2.27. The average molecular weight is 298 g/mol. The zero-order valence-electron chi connectivity index (χ0n) is 12.5. The number of methoxy groups -OCH3 is 1. The van der Waals surface area contributed by atoms with Gasteiger partial charge < -0.3 is 4.74 Å². The van der Waals surface area contributed by atoms with Crippen LogP contribution in [0, 0.1) is 23.2 Å². The van der Waals surface area contributed by atoms with Crippen molar-refractivity contribution >= 4 is 17.0 Å². The number of carbonyl (C=O) groups is 1. The monoisotopic (exact) mass is 298 g/mol. The molecule has 1 aliphatic rings. The molecule has 0 aromatic carbocycles. The summed E-state index contributed by atoms with van der Waals surface area (Å²) in [6, 6.07) is 3.83. The van der Waals surface area contributed by atoms with Gasteiger partial charge in [-0.2, -0.15) is 10.4 Å². The Hall–Kier alpha value is -2.42. The smallest absolute Gasteiger partial charge is 0.308 e. The minimum Gasteiger partial charge on any atom is -0.469 e. The van der Waals surface area contributed by atoms with E-state index in [2.05, 4.69) is 16.2 Å². The van der Waals surface area contributed by atoms with Crippen molar-refractivity contribution in [3.63, 3.8) is 0 Å². The Bertz CT molecular complexity index is 723.